The van der Waals surface area contributed by atoms with Gasteiger partial charge in [0.15, 0.2) is 0 Å². The molecule has 108 valence electrons. The highest BCUT2D eigenvalue weighted by atomic mass is 15.0. The smallest absolute Gasteiger partial charge is 0.0991 e. The van der Waals surface area contributed by atoms with Gasteiger partial charge in [-0.3, -0.25) is 4.98 Å². The maximum Gasteiger partial charge on any atom is 0.0991 e. The summed E-state index contributed by atoms with van der Waals surface area (Å²) in [7, 11) is 0. The molecule has 4 rings (SSSR count). The van der Waals surface area contributed by atoms with E-state index in [2.05, 4.69) is 33.8 Å². The van der Waals surface area contributed by atoms with Crippen LogP contribution in [0, 0.1) is 11.3 Å². The predicted octanol–water partition coefficient (Wildman–Crippen LogP) is 3.84. The lowest BCUT2D eigenvalue weighted by Crippen LogP contribution is -2.09. The minimum Gasteiger partial charge on any atom is -0.338 e. The van der Waals surface area contributed by atoms with Crippen molar-refractivity contribution in [3.05, 3.63) is 65.1 Å². The second-order valence-electron chi connectivity index (χ2n) is 5.88. The molecule has 0 fully saturated rings. The van der Waals surface area contributed by atoms with E-state index in [4.69, 9.17) is 0 Å². The number of aryl methyl sites for hydroxylation is 1. The lowest BCUT2D eigenvalue weighted by Gasteiger charge is -2.15. The molecule has 3 nitrogen and oxygen atoms in total. The average Bonchev–Trinajstić information content (AvgIpc) is 2.89. The molecule has 1 aliphatic rings. The Balaban J connectivity index is 1.91. The summed E-state index contributed by atoms with van der Waals surface area (Å²) < 4.78 is 2.40. The summed E-state index contributed by atoms with van der Waals surface area (Å²) in [6, 6.07) is 14.4. The van der Waals surface area contributed by atoms with E-state index in [-0.39, 0.29) is 0 Å². The fourth-order valence-electron chi connectivity index (χ4n) is 3.54. The van der Waals surface area contributed by atoms with Crippen LogP contribution < -0.4 is 0 Å². The number of hydrogen-bond donors (Lipinski definition) is 0. The van der Waals surface area contributed by atoms with E-state index >= 15 is 0 Å². The number of nitrogens with zero attached hydrogens (tertiary/aromatic N) is 3. The molecule has 0 radical (unpaired) electrons. The highest BCUT2D eigenvalue weighted by Crippen LogP contribution is 2.33. The minimum atomic E-state index is 0.746. The van der Waals surface area contributed by atoms with Gasteiger partial charge in [-0.25, -0.2) is 0 Å². The first-order valence-corrected chi connectivity index (χ1v) is 7.81. The first kappa shape index (κ1) is 13.1. The molecule has 0 saturated carbocycles. The van der Waals surface area contributed by atoms with Crippen molar-refractivity contribution in [2.24, 2.45) is 0 Å². The largest absolute Gasteiger partial charge is 0.338 e. The summed E-state index contributed by atoms with van der Waals surface area (Å²) in [4.78, 5) is 4.47. The van der Waals surface area contributed by atoms with Crippen molar-refractivity contribution in [1.82, 2.24) is 9.55 Å². The van der Waals surface area contributed by atoms with Crippen LogP contribution in [0.1, 0.15) is 35.4 Å². The molecule has 3 aromatic rings. The summed E-state index contributed by atoms with van der Waals surface area (Å²) in [5.74, 6) is 0. The zero-order chi connectivity index (χ0) is 14.9. The quantitative estimate of drug-likeness (QED) is 0.718. The van der Waals surface area contributed by atoms with Crippen LogP contribution in [0.5, 0.6) is 0 Å². The molecule has 0 amide bonds. The third-order valence-corrected chi connectivity index (χ3v) is 4.55. The zero-order valence-electron chi connectivity index (χ0n) is 12.4. The maximum atomic E-state index is 9.18. The molecule has 0 saturated heterocycles. The van der Waals surface area contributed by atoms with Crippen LogP contribution in [0.4, 0.5) is 0 Å². The van der Waals surface area contributed by atoms with E-state index in [0.29, 0.717) is 0 Å². The average molecular weight is 287 g/mol. The molecule has 2 aromatic heterocycles. The Bertz CT molecular complexity index is 869. The molecule has 1 aliphatic carbocycles. The van der Waals surface area contributed by atoms with Gasteiger partial charge in [-0.15, -0.1) is 0 Å². The Morgan fingerprint density at radius 3 is 2.86 bits per heavy atom. The van der Waals surface area contributed by atoms with Crippen molar-refractivity contribution in [3.63, 3.8) is 0 Å². The fraction of sp³-hybridized carbons (Fsp3) is 0.263. The van der Waals surface area contributed by atoms with Crippen LogP contribution in [0.15, 0.2) is 42.6 Å². The molecule has 0 atom stereocenters. The van der Waals surface area contributed by atoms with E-state index in [1.165, 1.54) is 35.0 Å². The Morgan fingerprint density at radius 1 is 1.14 bits per heavy atom. The van der Waals surface area contributed by atoms with Crippen LogP contribution in [-0.4, -0.2) is 9.55 Å². The Labute approximate surface area is 129 Å². The first-order chi connectivity index (χ1) is 10.9. The van der Waals surface area contributed by atoms with Crippen molar-refractivity contribution < 1.29 is 0 Å². The number of nitriles is 1. The SMILES string of the molecule is N#Cc1ccc2c(c1)c1c(n2Cc2ccccn2)CCCC1. The topological polar surface area (TPSA) is 41.6 Å². The third kappa shape index (κ3) is 2.08. The van der Waals surface area contributed by atoms with Gasteiger partial charge < -0.3 is 4.57 Å². The fourth-order valence-corrected chi connectivity index (χ4v) is 3.54. The van der Waals surface area contributed by atoms with Crippen molar-refractivity contribution in [2.45, 2.75) is 32.2 Å². The van der Waals surface area contributed by atoms with Gasteiger partial charge >= 0.3 is 0 Å². The monoisotopic (exact) mass is 287 g/mol. The molecule has 0 N–H and O–H groups in total. The van der Waals surface area contributed by atoms with Crippen LogP contribution in [0.3, 0.4) is 0 Å². The number of aromatic nitrogens is 2. The van der Waals surface area contributed by atoms with Gasteiger partial charge in [0.1, 0.15) is 0 Å². The molecule has 0 unspecified atom stereocenters. The lowest BCUT2D eigenvalue weighted by atomic mass is 9.95. The van der Waals surface area contributed by atoms with Gasteiger partial charge in [0, 0.05) is 22.8 Å². The van der Waals surface area contributed by atoms with E-state index in [9.17, 15) is 5.26 Å². The van der Waals surface area contributed by atoms with Gasteiger partial charge in [-0.2, -0.15) is 5.26 Å². The van der Waals surface area contributed by atoms with Crippen molar-refractivity contribution in [3.8, 4) is 6.07 Å². The number of rotatable bonds is 2. The van der Waals surface area contributed by atoms with Crippen molar-refractivity contribution in [1.29, 1.82) is 5.26 Å². The van der Waals surface area contributed by atoms with Gasteiger partial charge in [0.05, 0.1) is 23.9 Å². The molecule has 0 aliphatic heterocycles. The van der Waals surface area contributed by atoms with Gasteiger partial charge in [-0.1, -0.05) is 6.07 Å². The van der Waals surface area contributed by atoms with Crippen LogP contribution in [-0.2, 0) is 19.4 Å². The van der Waals surface area contributed by atoms with Gasteiger partial charge in [-0.05, 0) is 61.6 Å². The Morgan fingerprint density at radius 2 is 2.05 bits per heavy atom. The summed E-state index contributed by atoms with van der Waals surface area (Å²) in [6.07, 6.45) is 6.58. The predicted molar refractivity (Wildman–Crippen MR) is 86.6 cm³/mol. The number of pyridine rings is 1. The second-order valence-corrected chi connectivity index (χ2v) is 5.88. The first-order valence-electron chi connectivity index (χ1n) is 7.81. The number of hydrogen-bond acceptors (Lipinski definition) is 2. The van der Waals surface area contributed by atoms with E-state index < -0.39 is 0 Å². The van der Waals surface area contributed by atoms with Gasteiger partial charge in [0.25, 0.3) is 0 Å². The normalized spacial score (nSPS) is 13.8. The summed E-state index contributed by atoms with van der Waals surface area (Å²) in [5.41, 5.74) is 5.93. The van der Waals surface area contributed by atoms with Crippen molar-refractivity contribution in [2.75, 3.05) is 0 Å². The van der Waals surface area contributed by atoms with E-state index in [1.807, 2.05) is 24.4 Å². The zero-order valence-corrected chi connectivity index (χ0v) is 12.4. The van der Waals surface area contributed by atoms with Crippen molar-refractivity contribution >= 4 is 10.9 Å². The molecule has 22 heavy (non-hydrogen) atoms. The van der Waals surface area contributed by atoms with Crippen LogP contribution in [0.2, 0.25) is 0 Å². The molecule has 0 spiro atoms. The minimum absolute atomic E-state index is 0.746. The molecule has 0 bridgehead atoms. The summed E-state index contributed by atoms with van der Waals surface area (Å²) in [5, 5.41) is 10.4. The molecular weight excluding hydrogens is 270 g/mol. The third-order valence-electron chi connectivity index (χ3n) is 4.55. The van der Waals surface area contributed by atoms with Crippen LogP contribution in [0.25, 0.3) is 10.9 Å². The summed E-state index contributed by atoms with van der Waals surface area (Å²) >= 11 is 0. The van der Waals surface area contributed by atoms with E-state index in [0.717, 1.165) is 30.6 Å². The second kappa shape index (κ2) is 5.31. The maximum absolute atomic E-state index is 9.18. The van der Waals surface area contributed by atoms with E-state index in [1.54, 1.807) is 0 Å². The Kier molecular flexibility index (Phi) is 3.16. The number of fused-ring (bicyclic) bond motifs is 3. The standard InChI is InChI=1S/C19H17N3/c20-12-14-8-9-19-17(11-14)16-6-1-2-7-18(16)22(19)13-15-5-3-4-10-21-15/h3-5,8-11H,1-2,6-7,13H2. The number of benzene rings is 1. The lowest BCUT2D eigenvalue weighted by molar-refractivity contribution is 0.634. The van der Waals surface area contributed by atoms with Gasteiger partial charge in [0.2, 0.25) is 0 Å². The summed E-state index contributed by atoms with van der Waals surface area (Å²) in [6.45, 7) is 0.804. The molecule has 2 heterocycles. The molecule has 1 aromatic carbocycles. The van der Waals surface area contributed by atoms with Crippen LogP contribution >= 0.6 is 0 Å². The molecular formula is C19H17N3. The highest BCUT2D eigenvalue weighted by molar-refractivity contribution is 5.87. The molecule has 3 heteroatoms. The highest BCUT2D eigenvalue weighted by Gasteiger charge is 2.20. The Hall–Kier alpha value is -2.60.